The summed E-state index contributed by atoms with van der Waals surface area (Å²) in [6.45, 7) is 1.99. The van der Waals surface area contributed by atoms with Crippen LogP contribution in [0.25, 0.3) is 0 Å². The molecule has 0 radical (unpaired) electrons. The SMILES string of the molecule is Cc1ccc(C(=O)N(C)c2ccc(N)nc2)cc1. The Balaban J connectivity index is 2.23. The molecule has 0 spiro atoms. The van der Waals surface area contributed by atoms with Crippen molar-refractivity contribution in [3.63, 3.8) is 0 Å². The monoisotopic (exact) mass is 241 g/mol. The van der Waals surface area contributed by atoms with Crippen LogP contribution in [-0.4, -0.2) is 17.9 Å². The predicted molar refractivity (Wildman–Crippen MR) is 72.6 cm³/mol. The van der Waals surface area contributed by atoms with E-state index in [9.17, 15) is 4.79 Å². The molecule has 18 heavy (non-hydrogen) atoms. The first-order valence-electron chi connectivity index (χ1n) is 5.64. The van der Waals surface area contributed by atoms with E-state index in [1.54, 1.807) is 30.3 Å². The Bertz CT molecular complexity index is 546. The molecule has 1 aromatic heterocycles. The Kier molecular flexibility index (Phi) is 3.28. The summed E-state index contributed by atoms with van der Waals surface area (Å²) in [5.74, 6) is 0.372. The molecule has 0 aliphatic heterocycles. The van der Waals surface area contributed by atoms with Gasteiger partial charge in [0.15, 0.2) is 0 Å². The van der Waals surface area contributed by atoms with Crippen molar-refractivity contribution >= 4 is 17.4 Å². The number of hydrogen-bond donors (Lipinski definition) is 1. The second-order valence-corrected chi connectivity index (χ2v) is 4.17. The average molecular weight is 241 g/mol. The van der Waals surface area contributed by atoms with Gasteiger partial charge >= 0.3 is 0 Å². The van der Waals surface area contributed by atoms with Crippen molar-refractivity contribution in [3.8, 4) is 0 Å². The number of nitrogen functional groups attached to an aromatic ring is 1. The number of aryl methyl sites for hydroxylation is 1. The van der Waals surface area contributed by atoms with Gasteiger partial charge in [0.1, 0.15) is 5.82 Å². The molecule has 0 saturated heterocycles. The van der Waals surface area contributed by atoms with E-state index < -0.39 is 0 Å². The number of pyridine rings is 1. The Morgan fingerprint density at radius 2 is 1.83 bits per heavy atom. The second kappa shape index (κ2) is 4.87. The molecule has 0 bridgehead atoms. The maximum Gasteiger partial charge on any atom is 0.258 e. The van der Waals surface area contributed by atoms with E-state index in [1.807, 2.05) is 31.2 Å². The van der Waals surface area contributed by atoms with Gasteiger partial charge in [0.05, 0.1) is 11.9 Å². The summed E-state index contributed by atoms with van der Waals surface area (Å²) < 4.78 is 0. The van der Waals surface area contributed by atoms with Gasteiger partial charge in [-0.05, 0) is 31.2 Å². The van der Waals surface area contributed by atoms with Crippen LogP contribution >= 0.6 is 0 Å². The first-order chi connectivity index (χ1) is 8.58. The largest absolute Gasteiger partial charge is 0.384 e. The molecule has 2 aromatic rings. The average Bonchev–Trinajstić information content (AvgIpc) is 2.39. The second-order valence-electron chi connectivity index (χ2n) is 4.17. The number of nitrogens with zero attached hydrogens (tertiary/aromatic N) is 2. The Morgan fingerprint density at radius 3 is 2.39 bits per heavy atom. The van der Waals surface area contributed by atoms with Crippen LogP contribution in [0.2, 0.25) is 0 Å². The Labute approximate surface area is 106 Å². The number of carbonyl (C=O) groups is 1. The first kappa shape index (κ1) is 12.1. The summed E-state index contributed by atoms with van der Waals surface area (Å²) in [6, 6.07) is 10.9. The zero-order valence-corrected chi connectivity index (χ0v) is 10.4. The summed E-state index contributed by atoms with van der Waals surface area (Å²) in [6.07, 6.45) is 1.58. The lowest BCUT2D eigenvalue weighted by atomic mass is 10.1. The minimum atomic E-state index is -0.0680. The van der Waals surface area contributed by atoms with Crippen molar-refractivity contribution in [3.05, 3.63) is 53.7 Å². The maximum absolute atomic E-state index is 12.2. The van der Waals surface area contributed by atoms with Crippen molar-refractivity contribution in [1.82, 2.24) is 4.98 Å². The molecule has 92 valence electrons. The number of rotatable bonds is 2. The van der Waals surface area contributed by atoms with E-state index >= 15 is 0 Å². The molecule has 0 atom stereocenters. The smallest absolute Gasteiger partial charge is 0.258 e. The van der Waals surface area contributed by atoms with E-state index in [1.165, 1.54) is 0 Å². The van der Waals surface area contributed by atoms with Gasteiger partial charge in [-0.15, -0.1) is 0 Å². The summed E-state index contributed by atoms with van der Waals surface area (Å²) in [7, 11) is 1.72. The van der Waals surface area contributed by atoms with Crippen LogP contribution in [-0.2, 0) is 0 Å². The highest BCUT2D eigenvalue weighted by molar-refractivity contribution is 6.05. The summed E-state index contributed by atoms with van der Waals surface area (Å²) in [5, 5.41) is 0. The third kappa shape index (κ3) is 2.48. The van der Waals surface area contributed by atoms with E-state index in [0.717, 1.165) is 11.3 Å². The van der Waals surface area contributed by atoms with Crippen LogP contribution in [0.15, 0.2) is 42.6 Å². The standard InChI is InChI=1S/C14H15N3O/c1-10-3-5-11(6-4-10)14(18)17(2)12-7-8-13(15)16-9-12/h3-9H,1-2H3,(H2,15,16). The molecule has 0 saturated carbocycles. The van der Waals surface area contributed by atoms with Crippen LogP contribution in [0.3, 0.4) is 0 Å². The van der Waals surface area contributed by atoms with Gasteiger partial charge in [-0.3, -0.25) is 4.79 Å². The topological polar surface area (TPSA) is 59.2 Å². The van der Waals surface area contributed by atoms with Crippen LogP contribution < -0.4 is 10.6 Å². The number of anilines is 2. The number of aromatic nitrogens is 1. The van der Waals surface area contributed by atoms with E-state index in [2.05, 4.69) is 4.98 Å². The molecule has 2 rings (SSSR count). The fraction of sp³-hybridized carbons (Fsp3) is 0.143. The molecule has 0 fully saturated rings. The first-order valence-corrected chi connectivity index (χ1v) is 5.64. The highest BCUT2D eigenvalue weighted by Crippen LogP contribution is 2.15. The van der Waals surface area contributed by atoms with Gasteiger partial charge in [0.2, 0.25) is 0 Å². The third-order valence-electron chi connectivity index (χ3n) is 2.76. The number of benzene rings is 1. The maximum atomic E-state index is 12.2. The Hall–Kier alpha value is -2.36. The van der Waals surface area contributed by atoms with Crippen LogP contribution in [0.4, 0.5) is 11.5 Å². The van der Waals surface area contributed by atoms with Crippen LogP contribution in [0, 0.1) is 6.92 Å². The summed E-state index contributed by atoms with van der Waals surface area (Å²) in [4.78, 5) is 17.7. The molecule has 4 nitrogen and oxygen atoms in total. The minimum absolute atomic E-state index is 0.0680. The van der Waals surface area contributed by atoms with Gasteiger partial charge in [-0.25, -0.2) is 4.98 Å². The lowest BCUT2D eigenvalue weighted by Crippen LogP contribution is -2.26. The highest BCUT2D eigenvalue weighted by Gasteiger charge is 2.13. The molecular formula is C14H15N3O. The van der Waals surface area contributed by atoms with Gasteiger partial charge in [-0.2, -0.15) is 0 Å². The van der Waals surface area contributed by atoms with Crippen LogP contribution in [0.5, 0.6) is 0 Å². The number of amides is 1. The quantitative estimate of drug-likeness (QED) is 0.877. The lowest BCUT2D eigenvalue weighted by molar-refractivity contribution is 0.0993. The third-order valence-corrected chi connectivity index (χ3v) is 2.76. The number of hydrogen-bond acceptors (Lipinski definition) is 3. The predicted octanol–water partition coefficient (Wildman–Crippen LogP) is 2.25. The summed E-state index contributed by atoms with van der Waals surface area (Å²) >= 11 is 0. The van der Waals surface area contributed by atoms with Crippen molar-refractivity contribution in [2.75, 3.05) is 17.7 Å². The molecule has 2 N–H and O–H groups in total. The fourth-order valence-corrected chi connectivity index (χ4v) is 1.60. The molecular weight excluding hydrogens is 226 g/mol. The van der Waals surface area contributed by atoms with Crippen molar-refractivity contribution < 1.29 is 4.79 Å². The molecule has 1 aromatic carbocycles. The zero-order valence-electron chi connectivity index (χ0n) is 10.4. The van der Waals surface area contributed by atoms with Gasteiger partial charge in [-0.1, -0.05) is 17.7 Å². The molecule has 0 aliphatic rings. The molecule has 0 unspecified atom stereocenters. The Morgan fingerprint density at radius 1 is 1.17 bits per heavy atom. The van der Waals surface area contributed by atoms with E-state index in [0.29, 0.717) is 11.4 Å². The molecule has 1 amide bonds. The van der Waals surface area contributed by atoms with Crippen LogP contribution in [0.1, 0.15) is 15.9 Å². The van der Waals surface area contributed by atoms with Crippen molar-refractivity contribution in [1.29, 1.82) is 0 Å². The number of nitrogens with two attached hydrogens (primary N) is 1. The van der Waals surface area contributed by atoms with Gasteiger partial charge in [0, 0.05) is 12.6 Å². The highest BCUT2D eigenvalue weighted by atomic mass is 16.2. The van der Waals surface area contributed by atoms with Gasteiger partial charge < -0.3 is 10.6 Å². The van der Waals surface area contributed by atoms with Crippen molar-refractivity contribution in [2.45, 2.75) is 6.92 Å². The minimum Gasteiger partial charge on any atom is -0.384 e. The zero-order chi connectivity index (χ0) is 13.1. The lowest BCUT2D eigenvalue weighted by Gasteiger charge is -2.17. The molecule has 0 aliphatic carbocycles. The fourth-order valence-electron chi connectivity index (χ4n) is 1.60. The van der Waals surface area contributed by atoms with E-state index in [-0.39, 0.29) is 5.91 Å². The van der Waals surface area contributed by atoms with E-state index in [4.69, 9.17) is 5.73 Å². The van der Waals surface area contributed by atoms with Gasteiger partial charge in [0.25, 0.3) is 5.91 Å². The molecule has 1 heterocycles. The summed E-state index contributed by atoms with van der Waals surface area (Å²) in [5.41, 5.74) is 8.01. The molecule has 4 heteroatoms. The normalized spacial score (nSPS) is 10.1. The number of carbonyl (C=O) groups excluding carboxylic acids is 1. The van der Waals surface area contributed by atoms with Crippen molar-refractivity contribution in [2.24, 2.45) is 0 Å².